The summed E-state index contributed by atoms with van der Waals surface area (Å²) in [5.41, 5.74) is 0.493. The van der Waals surface area contributed by atoms with E-state index in [1.54, 1.807) is 13.2 Å². The summed E-state index contributed by atoms with van der Waals surface area (Å²) >= 11 is 0. The fraction of sp³-hybridized carbons (Fsp3) is 0.650. The van der Waals surface area contributed by atoms with Crippen LogP contribution in [0.25, 0.3) is 0 Å². The number of unbranched alkanes of at least 4 members (excludes halogenated alkanes) is 1. The number of carbonyl (C=O) groups excluding carboxylic acids is 1. The van der Waals surface area contributed by atoms with E-state index in [0.717, 1.165) is 24.8 Å². The molecule has 166 valence electrons. The van der Waals surface area contributed by atoms with Crippen LogP contribution in [0.5, 0.6) is 5.88 Å². The van der Waals surface area contributed by atoms with E-state index in [9.17, 15) is 4.79 Å². The topological polar surface area (TPSA) is 96.9 Å². The van der Waals surface area contributed by atoms with E-state index < -0.39 is 11.7 Å². The first-order valence-electron chi connectivity index (χ1n) is 9.83. The quantitative estimate of drug-likeness (QED) is 0.189. The van der Waals surface area contributed by atoms with Crippen molar-refractivity contribution >= 4 is 36.0 Å². The third kappa shape index (κ3) is 13.1. The summed E-state index contributed by atoms with van der Waals surface area (Å²) < 4.78 is 10.9. The van der Waals surface area contributed by atoms with Gasteiger partial charge in [0.05, 0.1) is 6.61 Å². The Morgan fingerprint density at radius 1 is 1.17 bits per heavy atom. The molecular weight excluding hydrogens is 485 g/mol. The molecule has 0 aliphatic carbocycles. The fourth-order valence-corrected chi connectivity index (χ4v) is 2.20. The van der Waals surface area contributed by atoms with E-state index in [0.29, 0.717) is 38.1 Å². The second kappa shape index (κ2) is 15.1. The Labute approximate surface area is 191 Å². The van der Waals surface area contributed by atoms with Gasteiger partial charge in [-0.05, 0) is 39.7 Å². The minimum absolute atomic E-state index is 0. The number of ether oxygens (including phenoxy) is 2. The lowest BCUT2D eigenvalue weighted by molar-refractivity contribution is 0.0527. The molecular formula is C20H36IN5O3. The summed E-state index contributed by atoms with van der Waals surface area (Å²) in [4.78, 5) is 20.1. The Bertz CT molecular complexity index is 620. The number of carbonyl (C=O) groups is 1. The highest BCUT2D eigenvalue weighted by molar-refractivity contribution is 14.0. The summed E-state index contributed by atoms with van der Waals surface area (Å²) in [6, 6.07) is 3.88. The first-order chi connectivity index (χ1) is 13.4. The molecule has 1 heterocycles. The van der Waals surface area contributed by atoms with Gasteiger partial charge in [-0.1, -0.05) is 19.4 Å². The number of amides is 1. The summed E-state index contributed by atoms with van der Waals surface area (Å²) in [6.07, 6.45) is 4.17. The van der Waals surface area contributed by atoms with Gasteiger partial charge in [0.15, 0.2) is 5.96 Å². The van der Waals surface area contributed by atoms with Crippen molar-refractivity contribution in [3.63, 3.8) is 0 Å². The van der Waals surface area contributed by atoms with Gasteiger partial charge in [0.1, 0.15) is 5.60 Å². The molecule has 3 N–H and O–H groups in total. The number of alkyl carbamates (subject to hydrolysis) is 1. The third-order valence-corrected chi connectivity index (χ3v) is 3.57. The molecule has 0 aliphatic rings. The van der Waals surface area contributed by atoms with Crippen LogP contribution in [0.1, 0.15) is 52.5 Å². The van der Waals surface area contributed by atoms with Gasteiger partial charge < -0.3 is 25.4 Å². The monoisotopic (exact) mass is 521 g/mol. The summed E-state index contributed by atoms with van der Waals surface area (Å²) in [7, 11) is 1.72. The van der Waals surface area contributed by atoms with Crippen LogP contribution in [0.2, 0.25) is 0 Å². The lowest BCUT2D eigenvalue weighted by atomic mass is 10.2. The molecule has 1 amide bonds. The van der Waals surface area contributed by atoms with E-state index in [-0.39, 0.29) is 24.0 Å². The predicted molar refractivity (Wildman–Crippen MR) is 127 cm³/mol. The van der Waals surface area contributed by atoms with Crippen LogP contribution in [0.3, 0.4) is 0 Å². The largest absolute Gasteiger partial charge is 0.477 e. The molecule has 1 rings (SSSR count). The molecule has 0 unspecified atom stereocenters. The van der Waals surface area contributed by atoms with Crippen molar-refractivity contribution in [3.8, 4) is 5.88 Å². The van der Waals surface area contributed by atoms with Gasteiger partial charge >= 0.3 is 6.09 Å². The highest BCUT2D eigenvalue weighted by Crippen LogP contribution is 2.14. The van der Waals surface area contributed by atoms with Gasteiger partial charge in [-0.2, -0.15) is 0 Å². The van der Waals surface area contributed by atoms with Crippen LogP contribution < -0.4 is 20.7 Å². The van der Waals surface area contributed by atoms with E-state index in [1.165, 1.54) is 0 Å². The van der Waals surface area contributed by atoms with Crippen molar-refractivity contribution < 1.29 is 14.3 Å². The average molecular weight is 521 g/mol. The molecule has 0 radical (unpaired) electrons. The molecule has 0 saturated carbocycles. The molecule has 0 atom stereocenters. The molecule has 0 aromatic carbocycles. The van der Waals surface area contributed by atoms with Gasteiger partial charge in [0, 0.05) is 38.4 Å². The first-order valence-corrected chi connectivity index (χ1v) is 9.83. The van der Waals surface area contributed by atoms with Crippen LogP contribution in [0, 0.1) is 0 Å². The maximum absolute atomic E-state index is 11.6. The summed E-state index contributed by atoms with van der Waals surface area (Å²) in [6.45, 7) is 10.1. The lowest BCUT2D eigenvalue weighted by Crippen LogP contribution is -2.39. The molecule has 0 saturated heterocycles. The average Bonchev–Trinajstić information content (AvgIpc) is 2.63. The zero-order chi connectivity index (χ0) is 20.8. The molecule has 0 aliphatic heterocycles. The molecule has 0 fully saturated rings. The van der Waals surface area contributed by atoms with Gasteiger partial charge in [-0.25, -0.2) is 9.78 Å². The highest BCUT2D eigenvalue weighted by Gasteiger charge is 2.15. The SMILES string of the molecule is CCCCOc1ncccc1CNC(=NC)NCCCNC(=O)OC(C)(C)C.I. The third-order valence-electron chi connectivity index (χ3n) is 3.57. The van der Waals surface area contributed by atoms with E-state index in [4.69, 9.17) is 9.47 Å². The maximum Gasteiger partial charge on any atom is 0.407 e. The van der Waals surface area contributed by atoms with Crippen LogP contribution >= 0.6 is 24.0 Å². The second-order valence-corrected chi connectivity index (χ2v) is 7.30. The minimum Gasteiger partial charge on any atom is -0.477 e. The molecule has 1 aromatic rings. The van der Waals surface area contributed by atoms with E-state index in [1.807, 2.05) is 32.9 Å². The van der Waals surface area contributed by atoms with Gasteiger partial charge in [0.25, 0.3) is 0 Å². The second-order valence-electron chi connectivity index (χ2n) is 7.30. The van der Waals surface area contributed by atoms with Crippen molar-refractivity contribution in [2.45, 2.75) is 59.1 Å². The van der Waals surface area contributed by atoms with Gasteiger partial charge in [-0.3, -0.25) is 4.99 Å². The number of rotatable bonds is 10. The fourth-order valence-electron chi connectivity index (χ4n) is 2.20. The number of halogens is 1. The standard InChI is InChI=1S/C20H35N5O3.HI/c1-6-7-14-27-17-16(10-8-11-22-17)15-25-18(21-5)23-12-9-13-24-19(26)28-20(2,3)4;/h8,10-11H,6-7,9,12-15H2,1-5H3,(H,24,26)(H2,21,23,25);1H. The summed E-state index contributed by atoms with van der Waals surface area (Å²) in [5, 5.41) is 9.21. The number of nitrogens with one attached hydrogen (secondary N) is 3. The number of nitrogens with zero attached hydrogens (tertiary/aromatic N) is 2. The number of aliphatic imine (C=N–C) groups is 1. The molecule has 8 nitrogen and oxygen atoms in total. The first kappa shape index (κ1) is 27.2. The number of hydrogen-bond acceptors (Lipinski definition) is 5. The van der Waals surface area contributed by atoms with Gasteiger partial charge in [-0.15, -0.1) is 24.0 Å². The zero-order valence-electron chi connectivity index (χ0n) is 18.2. The van der Waals surface area contributed by atoms with Crippen LogP contribution in [-0.2, 0) is 11.3 Å². The molecule has 0 bridgehead atoms. The predicted octanol–water partition coefficient (Wildman–Crippen LogP) is 3.46. The van der Waals surface area contributed by atoms with Crippen LogP contribution in [-0.4, -0.2) is 49.4 Å². The molecule has 9 heteroatoms. The molecule has 29 heavy (non-hydrogen) atoms. The lowest BCUT2D eigenvalue weighted by Gasteiger charge is -2.19. The van der Waals surface area contributed by atoms with Crippen molar-refractivity contribution in [1.82, 2.24) is 20.9 Å². The smallest absolute Gasteiger partial charge is 0.407 e. The van der Waals surface area contributed by atoms with E-state index >= 15 is 0 Å². The highest BCUT2D eigenvalue weighted by atomic mass is 127. The molecule has 1 aromatic heterocycles. The Kier molecular flexibility index (Phi) is 14.2. The number of guanidine groups is 1. The Balaban J connectivity index is 0.00000784. The Morgan fingerprint density at radius 2 is 1.90 bits per heavy atom. The van der Waals surface area contributed by atoms with Crippen LogP contribution in [0.15, 0.2) is 23.3 Å². The van der Waals surface area contributed by atoms with Crippen LogP contribution in [0.4, 0.5) is 4.79 Å². The van der Waals surface area contributed by atoms with Crippen molar-refractivity contribution in [2.75, 3.05) is 26.7 Å². The van der Waals surface area contributed by atoms with Gasteiger partial charge in [0.2, 0.25) is 5.88 Å². The van der Waals surface area contributed by atoms with Crippen molar-refractivity contribution in [3.05, 3.63) is 23.9 Å². The number of aromatic nitrogens is 1. The zero-order valence-corrected chi connectivity index (χ0v) is 20.5. The number of hydrogen-bond donors (Lipinski definition) is 3. The normalized spacial score (nSPS) is 11.3. The minimum atomic E-state index is -0.486. The van der Waals surface area contributed by atoms with Crippen molar-refractivity contribution in [1.29, 1.82) is 0 Å². The van der Waals surface area contributed by atoms with E-state index in [2.05, 4.69) is 32.9 Å². The number of pyridine rings is 1. The Hall–Kier alpha value is -1.78. The Morgan fingerprint density at radius 3 is 2.55 bits per heavy atom. The molecule has 0 spiro atoms. The summed E-state index contributed by atoms with van der Waals surface area (Å²) in [5.74, 6) is 1.33. The maximum atomic E-state index is 11.6. The van der Waals surface area contributed by atoms with Crippen molar-refractivity contribution in [2.24, 2.45) is 4.99 Å².